The van der Waals surface area contributed by atoms with E-state index in [9.17, 15) is 9.90 Å². The largest absolute Gasteiger partial charge is 0.480 e. The highest BCUT2D eigenvalue weighted by Gasteiger charge is 2.18. The van der Waals surface area contributed by atoms with Crippen LogP contribution in [0.3, 0.4) is 0 Å². The number of rotatable bonds is 9. The Morgan fingerprint density at radius 1 is 1.26 bits per heavy atom. The van der Waals surface area contributed by atoms with Gasteiger partial charge in [0, 0.05) is 13.1 Å². The fourth-order valence-electron chi connectivity index (χ4n) is 2.10. The first-order valence-electron chi connectivity index (χ1n) is 6.92. The molecule has 0 amide bonds. The normalized spacial score (nSPS) is 12.6. The Balaban J connectivity index is 2.50. The van der Waals surface area contributed by atoms with Crippen molar-refractivity contribution < 1.29 is 9.90 Å². The van der Waals surface area contributed by atoms with Crippen molar-refractivity contribution in [3.05, 3.63) is 35.9 Å². The van der Waals surface area contributed by atoms with Crippen LogP contribution in [-0.4, -0.2) is 42.2 Å². The molecule has 0 saturated carbocycles. The Morgan fingerprint density at radius 2 is 1.95 bits per heavy atom. The third-order valence-electron chi connectivity index (χ3n) is 3.14. The molecule has 0 spiro atoms. The average Bonchev–Trinajstić information content (AvgIpc) is 2.42. The van der Waals surface area contributed by atoms with Crippen LogP contribution in [0.2, 0.25) is 0 Å². The lowest BCUT2D eigenvalue weighted by Crippen LogP contribution is -2.36. The zero-order valence-electron chi connectivity index (χ0n) is 11.8. The van der Waals surface area contributed by atoms with E-state index in [0.717, 1.165) is 31.6 Å². The van der Waals surface area contributed by atoms with Crippen molar-refractivity contribution in [1.29, 1.82) is 0 Å². The van der Waals surface area contributed by atoms with E-state index in [4.69, 9.17) is 0 Å². The molecule has 1 atom stereocenters. The summed E-state index contributed by atoms with van der Waals surface area (Å²) >= 11 is 0. The first-order valence-corrected chi connectivity index (χ1v) is 6.92. The number of hydrogen-bond acceptors (Lipinski definition) is 3. The quantitative estimate of drug-likeness (QED) is 0.717. The summed E-state index contributed by atoms with van der Waals surface area (Å²) in [5.41, 5.74) is 0.800. The van der Waals surface area contributed by atoms with Gasteiger partial charge in [-0.1, -0.05) is 44.2 Å². The van der Waals surface area contributed by atoms with E-state index >= 15 is 0 Å². The van der Waals surface area contributed by atoms with Crippen LogP contribution < -0.4 is 5.32 Å². The van der Waals surface area contributed by atoms with Crippen LogP contribution in [0.15, 0.2) is 30.3 Å². The summed E-state index contributed by atoms with van der Waals surface area (Å²) in [5.74, 6) is -0.829. The molecule has 1 aromatic carbocycles. The van der Waals surface area contributed by atoms with Gasteiger partial charge in [-0.2, -0.15) is 0 Å². The molecular formula is C15H24N2O2. The number of benzene rings is 1. The Morgan fingerprint density at radius 3 is 2.47 bits per heavy atom. The first-order chi connectivity index (χ1) is 9.19. The minimum atomic E-state index is -0.829. The maximum Gasteiger partial charge on any atom is 0.325 e. The second-order valence-electron chi connectivity index (χ2n) is 4.57. The van der Waals surface area contributed by atoms with Gasteiger partial charge in [-0.3, -0.25) is 10.1 Å². The number of nitrogens with one attached hydrogen (secondary N) is 1. The van der Waals surface area contributed by atoms with Crippen LogP contribution in [0, 0.1) is 0 Å². The third kappa shape index (κ3) is 5.41. The van der Waals surface area contributed by atoms with E-state index in [1.54, 1.807) is 0 Å². The van der Waals surface area contributed by atoms with Gasteiger partial charge >= 0.3 is 5.97 Å². The van der Waals surface area contributed by atoms with Gasteiger partial charge in [-0.15, -0.1) is 0 Å². The average molecular weight is 264 g/mol. The molecule has 0 aromatic heterocycles. The number of likely N-dealkylation sites (N-methyl/N-ethyl adjacent to an activating group) is 1. The standard InChI is InChI=1S/C15H24N2O2/c1-3-11-17(4-2)12-10-16-14(15(18)19)13-8-6-5-7-9-13/h5-9,14,16H,3-4,10-12H2,1-2H3,(H,18,19). The second kappa shape index (κ2) is 8.67. The number of carboxylic acids is 1. The van der Waals surface area contributed by atoms with Gasteiger partial charge in [0.2, 0.25) is 0 Å². The molecule has 0 aliphatic carbocycles. The lowest BCUT2D eigenvalue weighted by atomic mass is 10.1. The van der Waals surface area contributed by atoms with Gasteiger partial charge in [-0.05, 0) is 25.1 Å². The molecule has 106 valence electrons. The lowest BCUT2D eigenvalue weighted by Gasteiger charge is -2.21. The van der Waals surface area contributed by atoms with Crippen molar-refractivity contribution in [2.45, 2.75) is 26.3 Å². The zero-order valence-corrected chi connectivity index (χ0v) is 11.8. The zero-order chi connectivity index (χ0) is 14.1. The minimum absolute atomic E-state index is 0.624. The summed E-state index contributed by atoms with van der Waals surface area (Å²) in [6.07, 6.45) is 1.12. The molecule has 1 aromatic rings. The van der Waals surface area contributed by atoms with Gasteiger partial charge in [0.25, 0.3) is 0 Å². The smallest absolute Gasteiger partial charge is 0.325 e. The molecular weight excluding hydrogens is 240 g/mol. The molecule has 0 aliphatic rings. The Kier molecular flexibility index (Phi) is 7.15. The summed E-state index contributed by atoms with van der Waals surface area (Å²) < 4.78 is 0. The minimum Gasteiger partial charge on any atom is -0.480 e. The summed E-state index contributed by atoms with van der Waals surface area (Å²) in [7, 11) is 0. The highest BCUT2D eigenvalue weighted by atomic mass is 16.4. The molecule has 4 heteroatoms. The number of carboxylic acid groups (broad SMARTS) is 1. The third-order valence-corrected chi connectivity index (χ3v) is 3.14. The van der Waals surface area contributed by atoms with Crippen LogP contribution in [-0.2, 0) is 4.79 Å². The summed E-state index contributed by atoms with van der Waals surface area (Å²) in [4.78, 5) is 13.6. The van der Waals surface area contributed by atoms with E-state index in [0.29, 0.717) is 6.54 Å². The summed E-state index contributed by atoms with van der Waals surface area (Å²) in [5, 5.41) is 12.4. The molecule has 0 saturated heterocycles. The fourth-order valence-corrected chi connectivity index (χ4v) is 2.10. The molecule has 4 nitrogen and oxygen atoms in total. The van der Waals surface area contributed by atoms with E-state index in [1.807, 2.05) is 30.3 Å². The molecule has 2 N–H and O–H groups in total. The second-order valence-corrected chi connectivity index (χ2v) is 4.57. The van der Waals surface area contributed by atoms with Gasteiger partial charge in [0.15, 0.2) is 0 Å². The van der Waals surface area contributed by atoms with E-state index in [2.05, 4.69) is 24.1 Å². The first kappa shape index (κ1) is 15.7. The lowest BCUT2D eigenvalue weighted by molar-refractivity contribution is -0.139. The molecule has 0 heterocycles. The van der Waals surface area contributed by atoms with Crippen LogP contribution >= 0.6 is 0 Å². The molecule has 19 heavy (non-hydrogen) atoms. The summed E-state index contributed by atoms with van der Waals surface area (Å²) in [6.45, 7) is 7.89. The van der Waals surface area contributed by atoms with Crippen molar-refractivity contribution in [2.24, 2.45) is 0 Å². The van der Waals surface area contributed by atoms with Gasteiger partial charge < -0.3 is 10.0 Å². The molecule has 0 radical (unpaired) electrons. The van der Waals surface area contributed by atoms with Crippen molar-refractivity contribution in [1.82, 2.24) is 10.2 Å². The molecule has 0 fully saturated rings. The molecule has 0 bridgehead atoms. The molecule has 0 aliphatic heterocycles. The Labute approximate surface area is 115 Å². The fraction of sp³-hybridized carbons (Fsp3) is 0.533. The molecule has 1 rings (SSSR count). The van der Waals surface area contributed by atoms with Gasteiger partial charge in [0.05, 0.1) is 0 Å². The van der Waals surface area contributed by atoms with E-state index in [1.165, 1.54) is 0 Å². The van der Waals surface area contributed by atoms with Crippen molar-refractivity contribution in [3.63, 3.8) is 0 Å². The Hall–Kier alpha value is -1.39. The van der Waals surface area contributed by atoms with E-state index < -0.39 is 12.0 Å². The van der Waals surface area contributed by atoms with Crippen LogP contribution in [0.1, 0.15) is 31.9 Å². The predicted octanol–water partition coefficient (Wildman–Crippen LogP) is 2.13. The van der Waals surface area contributed by atoms with Crippen LogP contribution in [0.4, 0.5) is 0 Å². The maximum atomic E-state index is 11.3. The highest BCUT2D eigenvalue weighted by molar-refractivity contribution is 5.75. The van der Waals surface area contributed by atoms with Gasteiger partial charge in [-0.25, -0.2) is 0 Å². The number of hydrogen-bond donors (Lipinski definition) is 2. The summed E-state index contributed by atoms with van der Waals surface area (Å²) in [6, 6.07) is 8.68. The number of carbonyl (C=O) groups is 1. The van der Waals surface area contributed by atoms with Gasteiger partial charge in [0.1, 0.15) is 6.04 Å². The van der Waals surface area contributed by atoms with E-state index in [-0.39, 0.29) is 0 Å². The highest BCUT2D eigenvalue weighted by Crippen LogP contribution is 2.12. The SMILES string of the molecule is CCCN(CC)CCNC(C(=O)O)c1ccccc1. The monoisotopic (exact) mass is 264 g/mol. The van der Waals surface area contributed by atoms with Crippen LogP contribution in [0.25, 0.3) is 0 Å². The number of aliphatic carboxylic acids is 1. The van der Waals surface area contributed by atoms with Crippen molar-refractivity contribution in [2.75, 3.05) is 26.2 Å². The van der Waals surface area contributed by atoms with Crippen molar-refractivity contribution >= 4 is 5.97 Å². The van der Waals surface area contributed by atoms with Crippen molar-refractivity contribution in [3.8, 4) is 0 Å². The predicted molar refractivity (Wildman–Crippen MR) is 77.2 cm³/mol. The Bertz CT molecular complexity index is 368. The maximum absolute atomic E-state index is 11.3. The molecule has 1 unspecified atom stereocenters. The topological polar surface area (TPSA) is 52.6 Å². The van der Waals surface area contributed by atoms with Crippen LogP contribution in [0.5, 0.6) is 0 Å². The number of nitrogens with zero attached hydrogens (tertiary/aromatic N) is 1.